The molecule has 0 aliphatic rings. The molecule has 1 heterocycles. The highest BCUT2D eigenvalue weighted by atomic mass is 16.2. The van der Waals surface area contributed by atoms with Crippen molar-refractivity contribution in [2.75, 3.05) is 6.54 Å². The molecule has 5 heteroatoms. The SMILES string of the molecule is CCCCN(C(=O)/C=C/c1ccccc1)C(CC)c1nc2ccccc2c(=O)n1-c1ccc(C)cc1. The van der Waals surface area contributed by atoms with Gasteiger partial charge in [-0.25, -0.2) is 4.98 Å². The smallest absolute Gasteiger partial charge is 0.266 e. The lowest BCUT2D eigenvalue weighted by Gasteiger charge is -2.31. The average Bonchev–Trinajstić information content (AvgIpc) is 2.91. The molecule has 4 aromatic rings. The van der Waals surface area contributed by atoms with Crippen molar-refractivity contribution in [1.29, 1.82) is 0 Å². The maximum atomic E-state index is 13.8. The molecule has 0 N–H and O–H groups in total. The summed E-state index contributed by atoms with van der Waals surface area (Å²) in [6.07, 6.45) is 5.92. The van der Waals surface area contributed by atoms with Crippen LogP contribution in [-0.2, 0) is 4.79 Å². The highest BCUT2D eigenvalue weighted by Crippen LogP contribution is 2.27. The first kappa shape index (κ1) is 25.1. The molecule has 4 rings (SSSR count). The molecule has 3 aromatic carbocycles. The van der Waals surface area contributed by atoms with Crippen LogP contribution in [-0.4, -0.2) is 26.9 Å². The molecular formula is C31H33N3O2. The molecule has 36 heavy (non-hydrogen) atoms. The Morgan fingerprint density at radius 3 is 2.36 bits per heavy atom. The van der Waals surface area contributed by atoms with Gasteiger partial charge in [-0.05, 0) is 55.7 Å². The number of aryl methyl sites for hydroxylation is 1. The number of unbranched alkanes of at least 4 members (excludes halogenated alkanes) is 1. The first-order valence-corrected chi connectivity index (χ1v) is 12.7. The molecule has 5 nitrogen and oxygen atoms in total. The molecule has 1 amide bonds. The largest absolute Gasteiger partial charge is 0.329 e. The van der Waals surface area contributed by atoms with Crippen molar-refractivity contribution < 1.29 is 4.79 Å². The first-order chi connectivity index (χ1) is 17.5. The van der Waals surface area contributed by atoms with E-state index in [1.54, 1.807) is 10.6 Å². The van der Waals surface area contributed by atoms with Crippen molar-refractivity contribution in [1.82, 2.24) is 14.5 Å². The van der Waals surface area contributed by atoms with Crippen molar-refractivity contribution >= 4 is 22.9 Å². The zero-order valence-corrected chi connectivity index (χ0v) is 21.2. The van der Waals surface area contributed by atoms with E-state index >= 15 is 0 Å². The minimum atomic E-state index is -0.358. The van der Waals surface area contributed by atoms with E-state index in [0.29, 0.717) is 29.7 Å². The summed E-state index contributed by atoms with van der Waals surface area (Å²) >= 11 is 0. The third-order valence-corrected chi connectivity index (χ3v) is 6.41. The molecule has 1 aromatic heterocycles. The second-order valence-corrected chi connectivity index (χ2v) is 9.02. The summed E-state index contributed by atoms with van der Waals surface area (Å²) in [6, 6.07) is 24.7. The predicted molar refractivity (Wildman–Crippen MR) is 147 cm³/mol. The Balaban J connectivity index is 1.85. The van der Waals surface area contributed by atoms with E-state index in [-0.39, 0.29) is 17.5 Å². The van der Waals surface area contributed by atoms with Crippen molar-refractivity contribution in [2.24, 2.45) is 0 Å². The quantitative estimate of drug-likeness (QED) is 0.258. The van der Waals surface area contributed by atoms with E-state index in [1.165, 1.54) is 0 Å². The zero-order valence-electron chi connectivity index (χ0n) is 21.2. The van der Waals surface area contributed by atoms with Crippen LogP contribution in [0, 0.1) is 6.92 Å². The lowest BCUT2D eigenvalue weighted by atomic mass is 10.1. The number of aromatic nitrogens is 2. The molecule has 0 radical (unpaired) electrons. The van der Waals surface area contributed by atoms with Crippen molar-refractivity contribution in [3.8, 4) is 5.69 Å². The molecule has 0 bridgehead atoms. The highest BCUT2D eigenvalue weighted by molar-refractivity contribution is 5.92. The second-order valence-electron chi connectivity index (χ2n) is 9.02. The topological polar surface area (TPSA) is 55.2 Å². The van der Waals surface area contributed by atoms with Gasteiger partial charge in [0.2, 0.25) is 5.91 Å². The van der Waals surface area contributed by atoms with Gasteiger partial charge in [0.25, 0.3) is 5.56 Å². The normalized spacial score (nSPS) is 12.2. The van der Waals surface area contributed by atoms with Gasteiger partial charge >= 0.3 is 0 Å². The minimum Gasteiger partial charge on any atom is -0.329 e. The summed E-state index contributed by atoms with van der Waals surface area (Å²) in [5.74, 6) is 0.500. The van der Waals surface area contributed by atoms with E-state index in [2.05, 4.69) is 6.92 Å². The number of carbonyl (C=O) groups excluding carboxylic acids is 1. The van der Waals surface area contributed by atoms with Crippen LogP contribution in [0.25, 0.3) is 22.7 Å². The standard InChI is InChI=1S/C31H33N3O2/c1-4-6-22-33(29(35)21-18-24-12-8-7-9-13-24)28(5-2)30-32-27-15-11-10-14-26(27)31(36)34(30)25-19-16-23(3)17-20-25/h7-21,28H,4-6,22H2,1-3H3/b21-18+. The van der Waals surface area contributed by atoms with Crippen LogP contribution in [0.2, 0.25) is 0 Å². The molecule has 0 spiro atoms. The van der Waals surface area contributed by atoms with Crippen LogP contribution in [0.1, 0.15) is 56.1 Å². The molecule has 1 unspecified atom stereocenters. The van der Waals surface area contributed by atoms with E-state index in [1.807, 2.05) is 104 Å². The number of para-hydroxylation sites is 1. The fraction of sp³-hybridized carbons (Fsp3) is 0.258. The predicted octanol–water partition coefficient (Wildman–Crippen LogP) is 6.49. The summed E-state index contributed by atoms with van der Waals surface area (Å²) in [5.41, 5.74) is 3.34. The van der Waals surface area contributed by atoms with E-state index in [4.69, 9.17) is 4.98 Å². The van der Waals surface area contributed by atoms with E-state index < -0.39 is 0 Å². The fourth-order valence-electron chi connectivity index (χ4n) is 4.43. The second kappa shape index (κ2) is 11.6. The van der Waals surface area contributed by atoms with Crippen LogP contribution in [0.4, 0.5) is 0 Å². The number of hydrogen-bond acceptors (Lipinski definition) is 3. The summed E-state index contributed by atoms with van der Waals surface area (Å²) in [4.78, 5) is 34.2. The maximum absolute atomic E-state index is 13.8. The van der Waals surface area contributed by atoms with Crippen molar-refractivity contribution in [3.63, 3.8) is 0 Å². The lowest BCUT2D eigenvalue weighted by Crippen LogP contribution is -2.38. The van der Waals surface area contributed by atoms with Crippen molar-refractivity contribution in [2.45, 2.75) is 46.1 Å². The van der Waals surface area contributed by atoms with Crippen LogP contribution in [0.15, 0.2) is 89.7 Å². The van der Waals surface area contributed by atoms with Gasteiger partial charge in [0.15, 0.2) is 0 Å². The first-order valence-electron chi connectivity index (χ1n) is 12.7. The van der Waals surface area contributed by atoms with E-state index in [0.717, 1.165) is 29.7 Å². The Hall–Kier alpha value is -3.99. The molecule has 0 saturated carbocycles. The number of hydrogen-bond donors (Lipinski definition) is 0. The molecule has 1 atom stereocenters. The minimum absolute atomic E-state index is 0.0861. The Morgan fingerprint density at radius 2 is 1.67 bits per heavy atom. The van der Waals surface area contributed by atoms with Gasteiger partial charge in [-0.1, -0.05) is 80.4 Å². The van der Waals surface area contributed by atoms with Gasteiger partial charge in [-0.2, -0.15) is 0 Å². The molecule has 0 fully saturated rings. The number of nitrogens with zero attached hydrogens (tertiary/aromatic N) is 3. The number of fused-ring (bicyclic) bond motifs is 1. The number of rotatable bonds is 9. The maximum Gasteiger partial charge on any atom is 0.266 e. The average molecular weight is 480 g/mol. The van der Waals surface area contributed by atoms with Gasteiger partial charge in [0.1, 0.15) is 5.82 Å². The van der Waals surface area contributed by atoms with Gasteiger partial charge in [-0.3, -0.25) is 14.2 Å². The molecule has 0 aliphatic carbocycles. The van der Waals surface area contributed by atoms with Crippen molar-refractivity contribution in [3.05, 3.63) is 112 Å². The molecule has 0 saturated heterocycles. The van der Waals surface area contributed by atoms with Crippen LogP contribution < -0.4 is 5.56 Å². The summed E-state index contributed by atoms with van der Waals surface area (Å²) in [6.45, 7) is 6.76. The van der Waals surface area contributed by atoms with Gasteiger partial charge in [0.05, 0.1) is 22.6 Å². The van der Waals surface area contributed by atoms with Gasteiger partial charge < -0.3 is 4.90 Å². The monoisotopic (exact) mass is 479 g/mol. The van der Waals surface area contributed by atoms with E-state index in [9.17, 15) is 9.59 Å². The fourth-order valence-corrected chi connectivity index (χ4v) is 4.43. The third-order valence-electron chi connectivity index (χ3n) is 6.41. The summed E-state index contributed by atoms with van der Waals surface area (Å²) in [7, 11) is 0. The third kappa shape index (κ3) is 5.46. The summed E-state index contributed by atoms with van der Waals surface area (Å²) in [5, 5.41) is 0.562. The number of amides is 1. The Labute approximate surface area is 212 Å². The molecular weight excluding hydrogens is 446 g/mol. The Bertz CT molecular complexity index is 1410. The highest BCUT2D eigenvalue weighted by Gasteiger charge is 2.27. The number of benzene rings is 3. The van der Waals surface area contributed by atoms with Crippen LogP contribution in [0.5, 0.6) is 0 Å². The van der Waals surface area contributed by atoms with Crippen LogP contribution in [0.3, 0.4) is 0 Å². The Morgan fingerprint density at radius 1 is 0.972 bits per heavy atom. The summed E-state index contributed by atoms with van der Waals surface area (Å²) < 4.78 is 1.68. The van der Waals surface area contributed by atoms with Gasteiger partial charge in [0, 0.05) is 12.6 Å². The lowest BCUT2D eigenvalue weighted by molar-refractivity contribution is -0.128. The zero-order chi connectivity index (χ0) is 25.5. The Kier molecular flexibility index (Phi) is 8.11. The molecule has 0 aliphatic heterocycles. The molecule has 184 valence electrons. The number of carbonyl (C=O) groups is 1. The van der Waals surface area contributed by atoms with Crippen LogP contribution >= 0.6 is 0 Å². The van der Waals surface area contributed by atoms with Gasteiger partial charge in [-0.15, -0.1) is 0 Å².